The maximum Gasteiger partial charge on any atom is 0.230 e. The van der Waals surface area contributed by atoms with Gasteiger partial charge in [-0.3, -0.25) is 4.79 Å². The summed E-state index contributed by atoms with van der Waals surface area (Å²) in [4.78, 5) is 17.3. The van der Waals surface area contributed by atoms with Crippen molar-refractivity contribution in [2.24, 2.45) is 0 Å². The average Bonchev–Trinajstić information content (AvgIpc) is 3.35. The van der Waals surface area contributed by atoms with E-state index >= 15 is 0 Å². The smallest absolute Gasteiger partial charge is 0.230 e. The van der Waals surface area contributed by atoms with E-state index in [0.29, 0.717) is 0 Å². The fourth-order valence-electron chi connectivity index (χ4n) is 3.61. The molecule has 30 heavy (non-hydrogen) atoms. The zero-order valence-corrected chi connectivity index (χ0v) is 19.2. The normalized spacial score (nSPS) is 17.0. The van der Waals surface area contributed by atoms with Gasteiger partial charge in [0, 0.05) is 17.9 Å². The lowest BCUT2D eigenvalue weighted by molar-refractivity contribution is -0.119. The summed E-state index contributed by atoms with van der Waals surface area (Å²) in [6.45, 7) is 7.62. The molecular weight excluding hydrogens is 402 g/mol. The lowest BCUT2D eigenvalue weighted by Gasteiger charge is -2.18. The number of carbonyl (C=O) groups excluding carboxylic acids is 1. The molecule has 1 N–H and O–H groups in total. The third-order valence-corrected chi connectivity index (χ3v) is 6.42. The van der Waals surface area contributed by atoms with Crippen molar-refractivity contribution in [3.05, 3.63) is 35.2 Å². The van der Waals surface area contributed by atoms with Gasteiger partial charge in [0.2, 0.25) is 5.91 Å². The van der Waals surface area contributed by atoms with Crippen molar-refractivity contribution in [1.29, 1.82) is 0 Å². The highest BCUT2D eigenvalue weighted by Crippen LogP contribution is 2.29. The number of nitrogens with one attached hydrogen (secondary N) is 1. The van der Waals surface area contributed by atoms with Gasteiger partial charge in [0.15, 0.2) is 5.16 Å². The van der Waals surface area contributed by atoms with E-state index in [1.807, 2.05) is 32.0 Å². The Labute approximate surface area is 182 Å². The van der Waals surface area contributed by atoms with Gasteiger partial charge in [-0.05, 0) is 51.8 Å². The van der Waals surface area contributed by atoms with Crippen molar-refractivity contribution >= 4 is 17.7 Å². The van der Waals surface area contributed by atoms with Gasteiger partial charge in [0.05, 0.1) is 44.4 Å². The Hall–Kier alpha value is -2.19. The van der Waals surface area contributed by atoms with Gasteiger partial charge in [-0.1, -0.05) is 11.8 Å². The predicted molar refractivity (Wildman–Crippen MR) is 118 cm³/mol. The molecule has 0 aliphatic carbocycles. The lowest BCUT2D eigenvalue weighted by atomic mass is 10.1. The van der Waals surface area contributed by atoms with E-state index in [1.165, 1.54) is 11.8 Å². The van der Waals surface area contributed by atoms with Crippen LogP contribution in [0.4, 0.5) is 0 Å². The Bertz CT molecular complexity index is 878. The molecule has 1 fully saturated rings. The van der Waals surface area contributed by atoms with Crippen LogP contribution in [0.2, 0.25) is 0 Å². The largest absolute Gasteiger partial charge is 0.497 e. The molecule has 1 saturated heterocycles. The van der Waals surface area contributed by atoms with Gasteiger partial charge in [0.1, 0.15) is 11.5 Å². The van der Waals surface area contributed by atoms with Gasteiger partial charge in [-0.15, -0.1) is 0 Å². The second kappa shape index (κ2) is 10.2. The molecule has 0 radical (unpaired) electrons. The topological polar surface area (TPSA) is 74.6 Å². The van der Waals surface area contributed by atoms with Crippen LogP contribution in [0, 0.1) is 13.8 Å². The molecule has 0 unspecified atom stereocenters. The van der Waals surface area contributed by atoms with E-state index in [4.69, 9.17) is 14.2 Å². The van der Waals surface area contributed by atoms with Gasteiger partial charge >= 0.3 is 0 Å². The second-order valence-electron chi connectivity index (χ2n) is 7.50. The predicted octanol–water partition coefficient (Wildman–Crippen LogP) is 3.67. The van der Waals surface area contributed by atoms with Crippen LogP contribution in [-0.4, -0.2) is 48.1 Å². The van der Waals surface area contributed by atoms with E-state index in [0.717, 1.165) is 59.6 Å². The first-order valence-electron chi connectivity index (χ1n) is 10.2. The zero-order valence-electron chi connectivity index (χ0n) is 18.4. The first-order chi connectivity index (χ1) is 14.4. The number of thioether (sulfide) groups is 1. The highest BCUT2D eigenvalue weighted by molar-refractivity contribution is 7.99. The standard InChI is InChI=1S/C22H31N3O4S/c1-14-16(3)25(12-18-7-6-10-29-18)22(24-14)30-13-21(26)23-15(2)19-11-17(27-4)8-9-20(19)28-5/h8-9,11,15,18H,6-7,10,12-13H2,1-5H3,(H,23,26)/t15-,18-/m1/s1. The molecule has 8 heteroatoms. The average molecular weight is 434 g/mol. The Morgan fingerprint density at radius 2 is 2.17 bits per heavy atom. The van der Waals surface area contributed by atoms with Crippen molar-refractivity contribution in [3.63, 3.8) is 0 Å². The Morgan fingerprint density at radius 3 is 2.83 bits per heavy atom. The number of carbonyl (C=O) groups is 1. The molecule has 7 nitrogen and oxygen atoms in total. The molecule has 2 heterocycles. The number of amides is 1. The number of hydrogen-bond acceptors (Lipinski definition) is 6. The summed E-state index contributed by atoms with van der Waals surface area (Å²) in [7, 11) is 3.24. The SMILES string of the molecule is COc1ccc(OC)c([C@@H](C)NC(=O)CSc2nc(C)c(C)n2C[C@H]2CCCO2)c1. The minimum atomic E-state index is -0.210. The van der Waals surface area contributed by atoms with Crippen molar-refractivity contribution in [1.82, 2.24) is 14.9 Å². The van der Waals surface area contributed by atoms with Gasteiger partial charge in [-0.2, -0.15) is 0 Å². The summed E-state index contributed by atoms with van der Waals surface area (Å²) >= 11 is 1.46. The molecule has 2 atom stereocenters. The third kappa shape index (κ3) is 5.29. The summed E-state index contributed by atoms with van der Waals surface area (Å²) in [5.74, 6) is 1.68. The Morgan fingerprint density at radius 1 is 1.37 bits per heavy atom. The van der Waals surface area contributed by atoms with Crippen LogP contribution < -0.4 is 14.8 Å². The van der Waals surface area contributed by atoms with Crippen LogP contribution in [0.1, 0.15) is 42.8 Å². The van der Waals surface area contributed by atoms with Gasteiger partial charge in [0.25, 0.3) is 0 Å². The van der Waals surface area contributed by atoms with Gasteiger partial charge in [-0.25, -0.2) is 4.98 Å². The fraction of sp³-hybridized carbons (Fsp3) is 0.545. The molecule has 0 saturated carbocycles. The van der Waals surface area contributed by atoms with Crippen LogP contribution >= 0.6 is 11.8 Å². The third-order valence-electron chi connectivity index (χ3n) is 5.45. The van der Waals surface area contributed by atoms with Crippen molar-refractivity contribution < 1.29 is 19.0 Å². The maximum atomic E-state index is 12.6. The second-order valence-corrected chi connectivity index (χ2v) is 8.44. The summed E-state index contributed by atoms with van der Waals surface area (Å²) in [6, 6.07) is 5.36. The number of nitrogens with zero attached hydrogens (tertiary/aromatic N) is 2. The monoisotopic (exact) mass is 433 g/mol. The lowest BCUT2D eigenvalue weighted by Crippen LogP contribution is -2.28. The summed E-state index contributed by atoms with van der Waals surface area (Å²) in [5.41, 5.74) is 3.00. The molecule has 0 bridgehead atoms. The number of methoxy groups -OCH3 is 2. The molecule has 3 rings (SSSR count). The molecule has 1 aromatic carbocycles. The fourth-order valence-corrected chi connectivity index (χ4v) is 4.52. The number of rotatable bonds is 9. The van der Waals surface area contributed by atoms with Crippen LogP contribution in [0.5, 0.6) is 11.5 Å². The van der Waals surface area contributed by atoms with Crippen LogP contribution in [-0.2, 0) is 16.1 Å². The Kier molecular flexibility index (Phi) is 7.66. The molecule has 0 spiro atoms. The highest BCUT2D eigenvalue weighted by Gasteiger charge is 2.21. The van der Waals surface area contributed by atoms with Crippen molar-refractivity contribution in [3.8, 4) is 11.5 Å². The molecular formula is C22H31N3O4S. The highest BCUT2D eigenvalue weighted by atomic mass is 32.2. The molecule has 1 aromatic heterocycles. The Balaban J connectivity index is 1.63. The van der Waals surface area contributed by atoms with Crippen molar-refractivity contribution in [2.45, 2.75) is 57.5 Å². The summed E-state index contributed by atoms with van der Waals surface area (Å²) < 4.78 is 18.7. The first kappa shape index (κ1) is 22.5. The number of aromatic nitrogens is 2. The zero-order chi connectivity index (χ0) is 21.7. The van der Waals surface area contributed by atoms with E-state index in [9.17, 15) is 4.79 Å². The first-order valence-corrected chi connectivity index (χ1v) is 11.2. The number of ether oxygens (including phenoxy) is 3. The van der Waals surface area contributed by atoms with Gasteiger partial charge < -0.3 is 24.1 Å². The minimum Gasteiger partial charge on any atom is -0.497 e. The maximum absolute atomic E-state index is 12.6. The number of imidazole rings is 1. The summed E-state index contributed by atoms with van der Waals surface area (Å²) in [6.07, 6.45) is 2.40. The van der Waals surface area contributed by atoms with E-state index in [2.05, 4.69) is 21.8 Å². The summed E-state index contributed by atoms with van der Waals surface area (Å²) in [5, 5.41) is 3.91. The number of aryl methyl sites for hydroxylation is 1. The van der Waals surface area contributed by atoms with E-state index in [-0.39, 0.29) is 23.8 Å². The molecule has 1 amide bonds. The van der Waals surface area contributed by atoms with Crippen molar-refractivity contribution in [2.75, 3.05) is 26.6 Å². The molecule has 2 aromatic rings. The van der Waals surface area contributed by atoms with Crippen LogP contribution in [0.3, 0.4) is 0 Å². The minimum absolute atomic E-state index is 0.0562. The van der Waals surface area contributed by atoms with Crippen LogP contribution in [0.15, 0.2) is 23.4 Å². The molecule has 1 aliphatic heterocycles. The van der Waals surface area contributed by atoms with E-state index in [1.54, 1.807) is 14.2 Å². The molecule has 164 valence electrons. The number of hydrogen-bond donors (Lipinski definition) is 1. The van der Waals surface area contributed by atoms with Crippen LogP contribution in [0.25, 0.3) is 0 Å². The molecule has 1 aliphatic rings. The number of benzene rings is 1. The quantitative estimate of drug-likeness (QED) is 0.608. The van der Waals surface area contributed by atoms with E-state index < -0.39 is 0 Å².